The number of aryl methyl sites for hydroxylation is 2. The van der Waals surface area contributed by atoms with Crippen molar-refractivity contribution in [3.63, 3.8) is 0 Å². The van der Waals surface area contributed by atoms with Crippen molar-refractivity contribution in [1.29, 1.82) is 0 Å². The van der Waals surface area contributed by atoms with Gasteiger partial charge in [0.05, 0.1) is 0 Å². The molecule has 148 valence electrons. The molecule has 0 bridgehead atoms. The van der Waals surface area contributed by atoms with Crippen LogP contribution in [0.1, 0.15) is 36.5 Å². The summed E-state index contributed by atoms with van der Waals surface area (Å²) >= 11 is 0. The van der Waals surface area contributed by atoms with Gasteiger partial charge < -0.3 is 15.5 Å². The van der Waals surface area contributed by atoms with E-state index >= 15 is 0 Å². The fraction of sp³-hybridized carbons (Fsp3) is 0.391. The lowest BCUT2D eigenvalue weighted by molar-refractivity contribution is -0.132. The van der Waals surface area contributed by atoms with Gasteiger partial charge in [-0.1, -0.05) is 43.3 Å². The molecular formula is C23H29N3O2. The van der Waals surface area contributed by atoms with Crippen molar-refractivity contribution in [2.45, 2.75) is 40.2 Å². The Morgan fingerprint density at radius 1 is 1.00 bits per heavy atom. The molecule has 1 aliphatic heterocycles. The number of rotatable bonds is 4. The van der Waals surface area contributed by atoms with Gasteiger partial charge in [-0.25, -0.2) is 4.79 Å². The van der Waals surface area contributed by atoms with Crippen molar-refractivity contribution in [3.8, 4) is 0 Å². The number of likely N-dealkylation sites (tertiary alicyclic amines) is 1. The Hall–Kier alpha value is -2.82. The molecule has 1 aliphatic rings. The predicted octanol–water partition coefficient (Wildman–Crippen LogP) is 4.25. The highest BCUT2D eigenvalue weighted by Crippen LogP contribution is 2.31. The highest BCUT2D eigenvalue weighted by atomic mass is 16.2. The number of nitrogens with one attached hydrogen (secondary N) is 2. The third kappa shape index (κ3) is 4.91. The zero-order valence-electron chi connectivity index (χ0n) is 16.9. The molecule has 0 spiro atoms. The number of hydrogen-bond acceptors (Lipinski definition) is 2. The van der Waals surface area contributed by atoms with Crippen molar-refractivity contribution in [2.24, 2.45) is 5.41 Å². The highest BCUT2D eigenvalue weighted by Gasteiger charge is 2.37. The summed E-state index contributed by atoms with van der Waals surface area (Å²) in [6.07, 6.45) is 1.32. The largest absolute Gasteiger partial charge is 0.352 e. The number of amides is 3. The van der Waals surface area contributed by atoms with Crippen LogP contribution in [0.5, 0.6) is 0 Å². The van der Waals surface area contributed by atoms with Gasteiger partial charge in [-0.3, -0.25) is 4.79 Å². The Labute approximate surface area is 167 Å². The molecule has 5 heteroatoms. The number of carbonyl (C=O) groups is 2. The van der Waals surface area contributed by atoms with E-state index in [1.54, 1.807) is 4.90 Å². The maximum Gasteiger partial charge on any atom is 0.321 e. The third-order valence-corrected chi connectivity index (χ3v) is 5.47. The first-order chi connectivity index (χ1) is 13.4. The summed E-state index contributed by atoms with van der Waals surface area (Å²) in [5.41, 5.74) is 3.71. The number of urea groups is 1. The fourth-order valence-corrected chi connectivity index (χ4v) is 3.67. The second-order valence-corrected chi connectivity index (χ2v) is 8.02. The number of anilines is 1. The summed E-state index contributed by atoms with van der Waals surface area (Å²) in [4.78, 5) is 27.1. The molecular weight excluding hydrogens is 350 g/mol. The zero-order chi connectivity index (χ0) is 20.1. The van der Waals surface area contributed by atoms with Gasteiger partial charge >= 0.3 is 6.03 Å². The van der Waals surface area contributed by atoms with Crippen LogP contribution in [0.3, 0.4) is 0 Å². The predicted molar refractivity (Wildman–Crippen MR) is 112 cm³/mol. The summed E-state index contributed by atoms with van der Waals surface area (Å²) in [6.45, 7) is 7.71. The second kappa shape index (κ2) is 8.46. The van der Waals surface area contributed by atoms with Crippen LogP contribution in [0.4, 0.5) is 10.5 Å². The van der Waals surface area contributed by atoms with Crippen molar-refractivity contribution in [1.82, 2.24) is 10.2 Å². The Morgan fingerprint density at radius 2 is 1.61 bits per heavy atom. The van der Waals surface area contributed by atoms with Crippen LogP contribution >= 0.6 is 0 Å². The van der Waals surface area contributed by atoms with E-state index < -0.39 is 5.41 Å². The van der Waals surface area contributed by atoms with Gasteiger partial charge in [-0.2, -0.15) is 0 Å². The quantitative estimate of drug-likeness (QED) is 0.834. The first-order valence-electron chi connectivity index (χ1n) is 9.82. The van der Waals surface area contributed by atoms with Crippen LogP contribution in [0, 0.1) is 19.3 Å². The summed E-state index contributed by atoms with van der Waals surface area (Å²) < 4.78 is 0. The molecule has 2 N–H and O–H groups in total. The van der Waals surface area contributed by atoms with E-state index in [-0.39, 0.29) is 11.9 Å². The molecule has 0 aromatic heterocycles. The summed E-state index contributed by atoms with van der Waals surface area (Å²) in [6, 6.07) is 15.8. The summed E-state index contributed by atoms with van der Waals surface area (Å²) in [5.74, 6) is 0.0609. The van der Waals surface area contributed by atoms with Crippen LogP contribution in [0.15, 0.2) is 48.5 Å². The molecule has 1 heterocycles. The zero-order valence-corrected chi connectivity index (χ0v) is 16.9. The number of nitrogens with zero attached hydrogens (tertiary/aromatic N) is 1. The Kier molecular flexibility index (Phi) is 6.02. The van der Waals surface area contributed by atoms with E-state index in [0.717, 1.165) is 22.4 Å². The van der Waals surface area contributed by atoms with Gasteiger partial charge in [0.1, 0.15) is 0 Å². The minimum Gasteiger partial charge on any atom is -0.352 e. The molecule has 0 aliphatic carbocycles. The average Bonchev–Trinajstić information content (AvgIpc) is 2.66. The van der Waals surface area contributed by atoms with Crippen molar-refractivity contribution in [3.05, 3.63) is 65.2 Å². The molecule has 0 atom stereocenters. The van der Waals surface area contributed by atoms with E-state index in [1.165, 1.54) is 0 Å². The van der Waals surface area contributed by atoms with Gasteiger partial charge in [0, 0.05) is 30.7 Å². The topological polar surface area (TPSA) is 61.4 Å². The fourth-order valence-electron chi connectivity index (χ4n) is 3.67. The van der Waals surface area contributed by atoms with E-state index in [4.69, 9.17) is 0 Å². The normalized spacial score (nSPS) is 15.8. The van der Waals surface area contributed by atoms with Crippen molar-refractivity contribution >= 4 is 17.6 Å². The number of carbonyl (C=O) groups excluding carboxylic acids is 2. The van der Waals surface area contributed by atoms with Gasteiger partial charge in [0.2, 0.25) is 5.91 Å². The van der Waals surface area contributed by atoms with E-state index in [0.29, 0.717) is 32.5 Å². The first kappa shape index (κ1) is 19.9. The molecule has 2 aromatic carbocycles. The second-order valence-electron chi connectivity index (χ2n) is 8.02. The highest BCUT2D eigenvalue weighted by molar-refractivity contribution is 5.90. The van der Waals surface area contributed by atoms with E-state index in [9.17, 15) is 9.59 Å². The van der Waals surface area contributed by atoms with Crippen LogP contribution in [-0.4, -0.2) is 29.9 Å². The van der Waals surface area contributed by atoms with Crippen molar-refractivity contribution < 1.29 is 9.59 Å². The monoisotopic (exact) mass is 379 g/mol. The lowest BCUT2D eigenvalue weighted by Gasteiger charge is -2.38. The van der Waals surface area contributed by atoms with Gasteiger partial charge in [0.25, 0.3) is 0 Å². The smallest absolute Gasteiger partial charge is 0.321 e. The molecule has 3 rings (SSSR count). The summed E-state index contributed by atoms with van der Waals surface area (Å²) in [7, 11) is 0. The maximum atomic E-state index is 12.7. The number of benzene rings is 2. The van der Waals surface area contributed by atoms with E-state index in [1.807, 2.05) is 63.2 Å². The lowest BCUT2D eigenvalue weighted by atomic mass is 9.79. The number of hydrogen-bond donors (Lipinski definition) is 2. The van der Waals surface area contributed by atoms with Gasteiger partial charge in [-0.15, -0.1) is 0 Å². The van der Waals surface area contributed by atoms with Crippen molar-refractivity contribution in [2.75, 3.05) is 18.4 Å². The maximum absolute atomic E-state index is 12.7. The standard InChI is InChI=1S/C23H29N3O2/c1-17-13-18(2)15-20(14-17)25-22(28)26-11-9-23(3,10-12-26)21(27)24-16-19-7-5-4-6-8-19/h4-8,13-15H,9-12,16H2,1-3H3,(H,24,27)(H,25,28). The van der Waals surface area contributed by atoms with E-state index in [2.05, 4.69) is 16.7 Å². The molecule has 1 saturated heterocycles. The van der Waals surface area contributed by atoms with Gasteiger partial charge in [-0.05, 0) is 55.5 Å². The molecule has 3 amide bonds. The molecule has 0 unspecified atom stereocenters. The number of piperidine rings is 1. The molecule has 5 nitrogen and oxygen atoms in total. The molecule has 0 radical (unpaired) electrons. The Balaban J connectivity index is 1.52. The summed E-state index contributed by atoms with van der Waals surface area (Å²) in [5, 5.41) is 6.03. The third-order valence-electron chi connectivity index (χ3n) is 5.47. The van der Waals surface area contributed by atoms with Gasteiger partial charge in [0.15, 0.2) is 0 Å². The minimum atomic E-state index is -0.439. The molecule has 0 saturated carbocycles. The molecule has 2 aromatic rings. The van der Waals surface area contributed by atoms with Crippen LogP contribution in [-0.2, 0) is 11.3 Å². The van der Waals surface area contributed by atoms with Crippen LogP contribution in [0.2, 0.25) is 0 Å². The Morgan fingerprint density at radius 3 is 2.21 bits per heavy atom. The lowest BCUT2D eigenvalue weighted by Crippen LogP contribution is -2.49. The average molecular weight is 380 g/mol. The van der Waals surface area contributed by atoms with Crippen LogP contribution < -0.4 is 10.6 Å². The Bertz CT molecular complexity index is 820. The van der Waals surface area contributed by atoms with Crippen LogP contribution in [0.25, 0.3) is 0 Å². The minimum absolute atomic E-state index is 0.0609. The molecule has 1 fully saturated rings. The SMILES string of the molecule is Cc1cc(C)cc(NC(=O)N2CCC(C)(C(=O)NCc3ccccc3)CC2)c1. The molecule has 28 heavy (non-hydrogen) atoms. The first-order valence-corrected chi connectivity index (χ1v) is 9.82.